The standard InChI is InChI=1S/C13H14N4O2/c1-18-13-4-3-10(7-14-13)11-8-16-9-17(19-2)6-5-12(16)15-11/h3-8H,9H2,1-2H3/p+1. The van der Waals surface area contributed by atoms with Crippen molar-refractivity contribution in [1.82, 2.24) is 10.0 Å². The number of nitrogens with zero attached hydrogens (tertiary/aromatic N) is 3. The van der Waals surface area contributed by atoms with Gasteiger partial charge in [0.1, 0.15) is 11.9 Å². The summed E-state index contributed by atoms with van der Waals surface area (Å²) in [4.78, 5) is 15.1. The predicted molar refractivity (Wildman–Crippen MR) is 70.0 cm³/mol. The molecule has 6 heteroatoms. The Morgan fingerprint density at radius 2 is 2.21 bits per heavy atom. The number of hydroxylamine groups is 2. The monoisotopic (exact) mass is 259 g/mol. The average Bonchev–Trinajstić information content (AvgIpc) is 2.90. The van der Waals surface area contributed by atoms with Crippen LogP contribution in [0.5, 0.6) is 5.88 Å². The Bertz CT molecular complexity index is 563. The Labute approximate surface area is 111 Å². The summed E-state index contributed by atoms with van der Waals surface area (Å²) in [7, 11) is 3.26. The fourth-order valence-electron chi connectivity index (χ4n) is 2.04. The molecule has 3 heterocycles. The van der Waals surface area contributed by atoms with E-state index in [-0.39, 0.29) is 0 Å². The zero-order chi connectivity index (χ0) is 13.2. The number of fused-ring (bicyclic) bond motifs is 1. The Balaban J connectivity index is 1.84. The first-order valence-corrected chi connectivity index (χ1v) is 5.96. The number of quaternary nitrogens is 1. The molecule has 0 saturated heterocycles. The molecular formula is C13H15N4O2+. The minimum Gasteiger partial charge on any atom is -0.481 e. The zero-order valence-electron chi connectivity index (χ0n) is 10.8. The number of aromatic nitrogens is 1. The third-order valence-corrected chi connectivity index (χ3v) is 3.08. The van der Waals surface area contributed by atoms with Crippen LogP contribution in [0.4, 0.5) is 0 Å². The van der Waals surface area contributed by atoms with Gasteiger partial charge >= 0.3 is 0 Å². The minimum absolute atomic E-state index is 0.602. The van der Waals surface area contributed by atoms with Crippen LogP contribution in [0.25, 0.3) is 5.70 Å². The summed E-state index contributed by atoms with van der Waals surface area (Å²) in [5.41, 5.74) is 1.90. The van der Waals surface area contributed by atoms with Gasteiger partial charge in [-0.3, -0.25) is 4.84 Å². The minimum atomic E-state index is 0.602. The summed E-state index contributed by atoms with van der Waals surface area (Å²) in [6.07, 6.45) is 7.66. The van der Waals surface area contributed by atoms with E-state index in [0.717, 1.165) is 22.0 Å². The van der Waals surface area contributed by atoms with Crippen molar-refractivity contribution in [2.45, 2.75) is 0 Å². The van der Waals surface area contributed by atoms with Gasteiger partial charge in [0.05, 0.1) is 14.2 Å². The maximum absolute atomic E-state index is 5.18. The molecule has 2 aliphatic rings. The summed E-state index contributed by atoms with van der Waals surface area (Å²) in [5.74, 6) is 1.59. The number of amidine groups is 1. The molecule has 2 aliphatic heterocycles. The lowest BCUT2D eigenvalue weighted by molar-refractivity contribution is -0.766. The fourth-order valence-corrected chi connectivity index (χ4v) is 2.04. The molecule has 1 aromatic heterocycles. The van der Waals surface area contributed by atoms with Crippen molar-refractivity contribution in [3.63, 3.8) is 0 Å². The molecule has 19 heavy (non-hydrogen) atoms. The number of ether oxygens (including phenoxy) is 1. The third-order valence-electron chi connectivity index (χ3n) is 3.08. The lowest BCUT2D eigenvalue weighted by Crippen LogP contribution is -3.11. The van der Waals surface area contributed by atoms with Crippen LogP contribution in [0.3, 0.4) is 0 Å². The highest BCUT2D eigenvalue weighted by molar-refractivity contribution is 5.93. The van der Waals surface area contributed by atoms with Crippen LogP contribution in [-0.2, 0) is 4.84 Å². The van der Waals surface area contributed by atoms with E-state index in [4.69, 9.17) is 9.57 Å². The molecule has 0 fully saturated rings. The highest BCUT2D eigenvalue weighted by Gasteiger charge is 2.27. The molecule has 1 N–H and O–H groups in total. The highest BCUT2D eigenvalue weighted by atomic mass is 16.7. The molecule has 0 radical (unpaired) electrons. The number of pyridine rings is 1. The van der Waals surface area contributed by atoms with Crippen molar-refractivity contribution < 1.29 is 14.5 Å². The van der Waals surface area contributed by atoms with E-state index < -0.39 is 0 Å². The molecule has 1 aromatic rings. The third kappa shape index (κ3) is 2.23. The molecule has 0 aliphatic carbocycles. The number of methoxy groups -OCH3 is 1. The van der Waals surface area contributed by atoms with Crippen LogP contribution >= 0.6 is 0 Å². The molecule has 1 atom stereocenters. The molecule has 0 bridgehead atoms. The molecule has 6 nitrogen and oxygen atoms in total. The van der Waals surface area contributed by atoms with Crippen LogP contribution in [0, 0.1) is 0 Å². The van der Waals surface area contributed by atoms with Gasteiger partial charge in [-0.15, -0.1) is 0 Å². The van der Waals surface area contributed by atoms with Crippen molar-refractivity contribution in [2.75, 3.05) is 20.9 Å². The van der Waals surface area contributed by atoms with E-state index in [1.807, 2.05) is 24.4 Å². The second-order valence-electron chi connectivity index (χ2n) is 4.21. The van der Waals surface area contributed by atoms with E-state index in [0.29, 0.717) is 12.5 Å². The van der Waals surface area contributed by atoms with Crippen LogP contribution in [0.2, 0.25) is 0 Å². The average molecular weight is 259 g/mol. The quantitative estimate of drug-likeness (QED) is 0.832. The topological polar surface area (TPSA) is 51.4 Å². The fraction of sp³-hybridized carbons (Fsp3) is 0.231. The lowest BCUT2D eigenvalue weighted by Gasteiger charge is -2.23. The lowest BCUT2D eigenvalue weighted by atomic mass is 10.2. The van der Waals surface area contributed by atoms with Crippen LogP contribution < -0.4 is 9.64 Å². The van der Waals surface area contributed by atoms with Crippen LogP contribution in [-0.4, -0.2) is 36.8 Å². The van der Waals surface area contributed by atoms with E-state index in [2.05, 4.69) is 16.2 Å². The van der Waals surface area contributed by atoms with Gasteiger partial charge in [-0.2, -0.15) is 4.99 Å². The zero-order valence-corrected chi connectivity index (χ0v) is 10.8. The van der Waals surface area contributed by atoms with E-state index in [1.54, 1.807) is 25.5 Å². The van der Waals surface area contributed by atoms with Gasteiger partial charge in [0.25, 0.3) is 0 Å². The Morgan fingerprint density at radius 3 is 2.89 bits per heavy atom. The van der Waals surface area contributed by atoms with Crippen LogP contribution in [0.1, 0.15) is 5.56 Å². The van der Waals surface area contributed by atoms with E-state index >= 15 is 0 Å². The van der Waals surface area contributed by atoms with E-state index in [9.17, 15) is 0 Å². The van der Waals surface area contributed by atoms with E-state index in [1.165, 1.54) is 0 Å². The molecule has 98 valence electrons. The van der Waals surface area contributed by atoms with Gasteiger partial charge < -0.3 is 4.74 Å². The van der Waals surface area contributed by atoms with Crippen molar-refractivity contribution in [3.8, 4) is 5.88 Å². The number of nitrogens with one attached hydrogen (secondary N) is 1. The summed E-state index contributed by atoms with van der Waals surface area (Å²) >= 11 is 0. The smallest absolute Gasteiger partial charge is 0.234 e. The first-order valence-electron chi connectivity index (χ1n) is 5.96. The summed E-state index contributed by atoms with van der Waals surface area (Å²) < 4.78 is 5.05. The molecular weight excluding hydrogens is 244 g/mol. The Morgan fingerprint density at radius 1 is 1.32 bits per heavy atom. The van der Waals surface area contributed by atoms with Gasteiger partial charge in [0.15, 0.2) is 6.67 Å². The van der Waals surface area contributed by atoms with Gasteiger partial charge in [-0.1, -0.05) is 0 Å². The summed E-state index contributed by atoms with van der Waals surface area (Å²) in [6, 6.07) is 3.79. The molecule has 0 spiro atoms. The number of aliphatic imine (C=N–C) groups is 1. The molecule has 0 amide bonds. The highest BCUT2D eigenvalue weighted by Crippen LogP contribution is 2.18. The van der Waals surface area contributed by atoms with Crippen molar-refractivity contribution in [3.05, 3.63) is 42.4 Å². The SMILES string of the molecule is COc1ccc(C2=C[NH+]3CN(OC)C=CC3=N2)cn1. The first-order chi connectivity index (χ1) is 9.30. The van der Waals surface area contributed by atoms with Crippen molar-refractivity contribution in [2.24, 2.45) is 4.99 Å². The van der Waals surface area contributed by atoms with Gasteiger partial charge in [0, 0.05) is 30.1 Å². The molecule has 3 rings (SSSR count). The van der Waals surface area contributed by atoms with Crippen molar-refractivity contribution >= 4 is 11.5 Å². The van der Waals surface area contributed by atoms with Gasteiger partial charge in [-0.25, -0.2) is 14.9 Å². The molecule has 0 saturated carbocycles. The molecule has 0 aromatic carbocycles. The first kappa shape index (κ1) is 11.9. The maximum atomic E-state index is 5.18. The van der Waals surface area contributed by atoms with Crippen molar-refractivity contribution in [1.29, 1.82) is 0 Å². The Hall–Kier alpha value is -2.18. The van der Waals surface area contributed by atoms with Crippen LogP contribution in [0.15, 0.2) is 41.8 Å². The second kappa shape index (κ2) is 4.83. The van der Waals surface area contributed by atoms with Gasteiger partial charge in [0.2, 0.25) is 11.7 Å². The second-order valence-corrected chi connectivity index (χ2v) is 4.21. The number of hydrogen-bond donors (Lipinski definition) is 1. The number of rotatable bonds is 3. The largest absolute Gasteiger partial charge is 0.481 e. The summed E-state index contributed by atoms with van der Waals surface area (Å²) in [6.45, 7) is 0.707. The normalized spacial score (nSPS) is 20.9. The maximum Gasteiger partial charge on any atom is 0.234 e. The predicted octanol–water partition coefficient (Wildman–Crippen LogP) is 0.0338. The summed E-state index contributed by atoms with van der Waals surface area (Å²) in [5, 5.41) is 1.76. The molecule has 1 unspecified atom stereocenters. The Kier molecular flexibility index (Phi) is 3.02. The van der Waals surface area contributed by atoms with Gasteiger partial charge in [-0.05, 0) is 6.07 Å². The number of hydrogen-bond acceptors (Lipinski definition) is 5.